The number of nitrogens with one attached hydrogen (secondary N) is 1. The van der Waals surface area contributed by atoms with Crippen LogP contribution in [0.1, 0.15) is 5.56 Å². The topological polar surface area (TPSA) is 81.4 Å². The molecule has 0 aliphatic heterocycles. The Morgan fingerprint density at radius 2 is 1.86 bits per heavy atom. The van der Waals surface area contributed by atoms with Crippen molar-refractivity contribution < 1.29 is 13.2 Å². The number of benzene rings is 2. The number of hydrogen-bond acceptors (Lipinski definition) is 5. The van der Waals surface area contributed by atoms with Crippen molar-refractivity contribution in [2.45, 2.75) is 16.3 Å². The molecule has 0 amide bonds. The standard InChI is InChI=1S/C15H18N2O3S2/c1-17-10-11-9-14(22(16,18)19)7-8-15(11)20-12-3-5-13(21-2)6-4-12/h3-9,17H,10H2,1-2H3,(H2,16,18,19). The quantitative estimate of drug-likeness (QED) is 0.791. The van der Waals surface area contributed by atoms with Gasteiger partial charge >= 0.3 is 0 Å². The fourth-order valence-electron chi connectivity index (χ4n) is 1.93. The largest absolute Gasteiger partial charge is 0.457 e. The molecule has 0 unspecified atom stereocenters. The molecule has 0 aliphatic carbocycles. The molecule has 0 spiro atoms. The van der Waals surface area contributed by atoms with Crippen molar-refractivity contribution in [3.63, 3.8) is 0 Å². The van der Waals surface area contributed by atoms with Crippen LogP contribution >= 0.6 is 11.8 Å². The maximum atomic E-state index is 11.4. The van der Waals surface area contributed by atoms with Gasteiger partial charge in [-0.3, -0.25) is 0 Å². The molecule has 0 saturated carbocycles. The van der Waals surface area contributed by atoms with Crippen molar-refractivity contribution in [3.05, 3.63) is 48.0 Å². The van der Waals surface area contributed by atoms with E-state index in [1.807, 2.05) is 30.5 Å². The zero-order valence-corrected chi connectivity index (χ0v) is 14.0. The van der Waals surface area contributed by atoms with Gasteiger partial charge in [-0.05, 0) is 55.8 Å². The first kappa shape index (κ1) is 16.8. The Morgan fingerprint density at radius 1 is 1.18 bits per heavy atom. The highest BCUT2D eigenvalue weighted by Crippen LogP contribution is 2.28. The Hall–Kier alpha value is -1.54. The van der Waals surface area contributed by atoms with E-state index in [2.05, 4.69) is 5.32 Å². The maximum Gasteiger partial charge on any atom is 0.238 e. The maximum absolute atomic E-state index is 11.4. The van der Waals surface area contributed by atoms with Crippen LogP contribution in [-0.2, 0) is 16.6 Å². The SMILES string of the molecule is CNCc1cc(S(N)(=O)=O)ccc1Oc1ccc(SC)cc1. The van der Waals surface area contributed by atoms with Crippen molar-refractivity contribution in [2.75, 3.05) is 13.3 Å². The summed E-state index contributed by atoms with van der Waals surface area (Å²) in [5, 5.41) is 8.15. The predicted octanol–water partition coefficient (Wildman–Crippen LogP) is 2.57. The Labute approximate surface area is 134 Å². The molecule has 3 N–H and O–H groups in total. The molecule has 0 saturated heterocycles. The summed E-state index contributed by atoms with van der Waals surface area (Å²) in [5.41, 5.74) is 0.725. The van der Waals surface area contributed by atoms with E-state index < -0.39 is 10.0 Å². The number of hydrogen-bond donors (Lipinski definition) is 2. The van der Waals surface area contributed by atoms with Crippen LogP contribution in [0.3, 0.4) is 0 Å². The first-order valence-corrected chi connectivity index (χ1v) is 9.33. The van der Waals surface area contributed by atoms with Crippen LogP contribution in [0, 0.1) is 0 Å². The molecule has 0 aromatic heterocycles. The number of sulfonamides is 1. The van der Waals surface area contributed by atoms with E-state index in [9.17, 15) is 8.42 Å². The molecule has 22 heavy (non-hydrogen) atoms. The van der Waals surface area contributed by atoms with Gasteiger partial charge in [0, 0.05) is 17.0 Å². The molecule has 0 aliphatic rings. The van der Waals surface area contributed by atoms with Gasteiger partial charge in [0.15, 0.2) is 0 Å². The van der Waals surface area contributed by atoms with Crippen molar-refractivity contribution in [1.82, 2.24) is 5.32 Å². The van der Waals surface area contributed by atoms with E-state index >= 15 is 0 Å². The normalized spacial score (nSPS) is 11.4. The molecule has 2 rings (SSSR count). The molecule has 0 radical (unpaired) electrons. The second-order valence-corrected chi connectivity index (χ2v) is 7.06. The first-order chi connectivity index (χ1) is 10.4. The second-order valence-electron chi connectivity index (χ2n) is 4.62. The smallest absolute Gasteiger partial charge is 0.238 e. The minimum absolute atomic E-state index is 0.0721. The van der Waals surface area contributed by atoms with Gasteiger partial charge in [0.2, 0.25) is 10.0 Å². The third kappa shape index (κ3) is 4.23. The molecular weight excluding hydrogens is 320 g/mol. The van der Waals surface area contributed by atoms with Gasteiger partial charge in [-0.1, -0.05) is 0 Å². The van der Waals surface area contributed by atoms with Gasteiger partial charge in [0.1, 0.15) is 11.5 Å². The molecule has 2 aromatic rings. The van der Waals surface area contributed by atoms with Crippen LogP contribution in [0.15, 0.2) is 52.3 Å². The van der Waals surface area contributed by atoms with Crippen LogP contribution in [0.25, 0.3) is 0 Å². The summed E-state index contributed by atoms with van der Waals surface area (Å²) >= 11 is 1.65. The average molecular weight is 338 g/mol. The summed E-state index contributed by atoms with van der Waals surface area (Å²) in [5.74, 6) is 1.29. The van der Waals surface area contributed by atoms with Crippen LogP contribution in [-0.4, -0.2) is 21.7 Å². The Morgan fingerprint density at radius 3 is 2.41 bits per heavy atom. The zero-order valence-electron chi connectivity index (χ0n) is 12.4. The molecule has 0 fully saturated rings. The number of nitrogens with two attached hydrogens (primary N) is 1. The number of ether oxygens (including phenoxy) is 1. The zero-order chi connectivity index (χ0) is 16.2. The second kappa shape index (κ2) is 7.15. The van der Waals surface area contributed by atoms with Crippen LogP contribution in [0.5, 0.6) is 11.5 Å². The number of rotatable bonds is 6. The molecule has 7 heteroatoms. The average Bonchev–Trinajstić information content (AvgIpc) is 2.49. The number of primary sulfonamides is 1. The lowest BCUT2D eigenvalue weighted by Crippen LogP contribution is -2.14. The van der Waals surface area contributed by atoms with Gasteiger partial charge in [0.05, 0.1) is 4.90 Å². The van der Waals surface area contributed by atoms with Gasteiger partial charge in [0.25, 0.3) is 0 Å². The highest BCUT2D eigenvalue weighted by atomic mass is 32.2. The summed E-state index contributed by atoms with van der Waals surface area (Å²) in [6.07, 6.45) is 2.01. The minimum Gasteiger partial charge on any atom is -0.457 e. The van der Waals surface area contributed by atoms with Crippen LogP contribution in [0.4, 0.5) is 0 Å². The third-order valence-corrected chi connectivity index (χ3v) is 4.67. The van der Waals surface area contributed by atoms with E-state index in [-0.39, 0.29) is 4.90 Å². The summed E-state index contributed by atoms with van der Waals surface area (Å²) < 4.78 is 28.7. The summed E-state index contributed by atoms with van der Waals surface area (Å²) in [4.78, 5) is 1.22. The molecule has 0 atom stereocenters. The molecule has 5 nitrogen and oxygen atoms in total. The highest BCUT2D eigenvalue weighted by molar-refractivity contribution is 7.98. The summed E-state index contributed by atoms with van der Waals surface area (Å²) in [7, 11) is -1.95. The molecule has 2 aromatic carbocycles. The molecular formula is C15H18N2O3S2. The van der Waals surface area contributed by atoms with Crippen molar-refractivity contribution in [2.24, 2.45) is 5.14 Å². The Kier molecular flexibility index (Phi) is 5.47. The molecule has 118 valence electrons. The monoisotopic (exact) mass is 338 g/mol. The van der Waals surface area contributed by atoms with Crippen molar-refractivity contribution in [3.8, 4) is 11.5 Å². The molecule has 0 bridgehead atoms. The van der Waals surface area contributed by atoms with E-state index in [1.165, 1.54) is 12.1 Å². The van der Waals surface area contributed by atoms with Crippen molar-refractivity contribution in [1.29, 1.82) is 0 Å². The highest BCUT2D eigenvalue weighted by Gasteiger charge is 2.12. The lowest BCUT2D eigenvalue weighted by atomic mass is 10.2. The minimum atomic E-state index is -3.73. The summed E-state index contributed by atoms with van der Waals surface area (Å²) in [6, 6.07) is 12.3. The first-order valence-electron chi connectivity index (χ1n) is 6.56. The van der Waals surface area contributed by atoms with Gasteiger partial charge < -0.3 is 10.1 Å². The fraction of sp³-hybridized carbons (Fsp3) is 0.200. The third-order valence-electron chi connectivity index (χ3n) is 3.01. The summed E-state index contributed by atoms with van der Waals surface area (Å²) in [6.45, 7) is 0.474. The van der Waals surface area contributed by atoms with E-state index in [4.69, 9.17) is 9.88 Å². The lowest BCUT2D eigenvalue weighted by molar-refractivity contribution is 0.473. The van der Waals surface area contributed by atoms with Gasteiger partial charge in [-0.25, -0.2) is 13.6 Å². The predicted molar refractivity (Wildman–Crippen MR) is 88.9 cm³/mol. The van der Waals surface area contributed by atoms with Crippen molar-refractivity contribution >= 4 is 21.8 Å². The van der Waals surface area contributed by atoms with E-state index in [0.717, 1.165) is 10.5 Å². The Balaban J connectivity index is 2.32. The van der Waals surface area contributed by atoms with E-state index in [0.29, 0.717) is 18.0 Å². The van der Waals surface area contributed by atoms with Gasteiger partial charge in [-0.2, -0.15) is 0 Å². The fourth-order valence-corrected chi connectivity index (χ4v) is 2.90. The van der Waals surface area contributed by atoms with Crippen LogP contribution in [0.2, 0.25) is 0 Å². The lowest BCUT2D eigenvalue weighted by Gasteiger charge is -2.12. The Bertz CT molecular complexity index is 744. The number of thioether (sulfide) groups is 1. The van der Waals surface area contributed by atoms with Crippen LogP contribution < -0.4 is 15.2 Å². The van der Waals surface area contributed by atoms with Gasteiger partial charge in [-0.15, -0.1) is 11.8 Å². The van der Waals surface area contributed by atoms with E-state index in [1.54, 1.807) is 24.9 Å². The molecule has 0 heterocycles.